The molecule has 0 amide bonds. The molecule has 0 fully saturated rings. The van der Waals surface area contributed by atoms with Crippen LogP contribution in [0.4, 0.5) is 0 Å². The Balaban J connectivity index is 0.994. The highest BCUT2D eigenvalue weighted by Gasteiger charge is 2.13. The van der Waals surface area contributed by atoms with Crippen molar-refractivity contribution < 1.29 is 53.6 Å². The van der Waals surface area contributed by atoms with Gasteiger partial charge in [-0.15, -0.1) is 0 Å². The summed E-state index contributed by atoms with van der Waals surface area (Å²) >= 11 is 0. The van der Waals surface area contributed by atoms with E-state index in [0.29, 0.717) is 34.5 Å². The Morgan fingerprint density at radius 2 is 0.530 bits per heavy atom. The third kappa shape index (κ3) is 13.1. The van der Waals surface area contributed by atoms with Crippen molar-refractivity contribution in [2.45, 2.75) is 46.2 Å². The van der Waals surface area contributed by atoms with Gasteiger partial charge in [0.05, 0.1) is 0 Å². The summed E-state index contributed by atoms with van der Waals surface area (Å²) in [6.45, 7) is 1.67. The first-order valence-electron chi connectivity index (χ1n) is 21.2. The van der Waals surface area contributed by atoms with Crippen molar-refractivity contribution in [1.82, 2.24) is 0 Å². The standard InChI is InChI=1S/C55H48O11/c56-45-16-6-38(7-17-45)31-63-52-24-14-42(28-54(52)65-33-40-10-20-47(58)21-11-40)35-61-50-26-44(37-60-49-4-2-1-3-5-49)27-51(30-50)62-36-43-15-25-53(64-32-39-8-18-46(57)19-9-39)55(29-43)66-34-41-12-22-48(59)23-13-41/h1-30,56-59H,31-37H2. The summed E-state index contributed by atoms with van der Waals surface area (Å²) in [6.07, 6.45) is 0. The van der Waals surface area contributed by atoms with Crippen LogP contribution in [0, 0.1) is 0 Å². The van der Waals surface area contributed by atoms with Gasteiger partial charge in [-0.05, 0) is 136 Å². The number of ether oxygens (including phenoxy) is 7. The summed E-state index contributed by atoms with van der Waals surface area (Å²) in [6, 6.07) is 53.8. The van der Waals surface area contributed by atoms with E-state index >= 15 is 0 Å². The molecule has 0 radical (unpaired) electrons. The number of phenolic OH excluding ortho intramolecular Hbond substituents is 4. The van der Waals surface area contributed by atoms with Crippen LogP contribution in [0.1, 0.15) is 38.9 Å². The van der Waals surface area contributed by atoms with Crippen molar-refractivity contribution in [1.29, 1.82) is 0 Å². The van der Waals surface area contributed by atoms with Crippen LogP contribution in [0.2, 0.25) is 0 Å². The zero-order valence-corrected chi connectivity index (χ0v) is 35.9. The number of hydrogen-bond donors (Lipinski definition) is 4. The van der Waals surface area contributed by atoms with Gasteiger partial charge in [-0.1, -0.05) is 78.9 Å². The van der Waals surface area contributed by atoms with Gasteiger partial charge in [0.25, 0.3) is 0 Å². The van der Waals surface area contributed by atoms with Crippen LogP contribution in [-0.2, 0) is 46.2 Å². The monoisotopic (exact) mass is 884 g/mol. The lowest BCUT2D eigenvalue weighted by molar-refractivity contribution is 0.253. The fourth-order valence-electron chi connectivity index (χ4n) is 6.66. The molecular weight excluding hydrogens is 837 g/mol. The smallest absolute Gasteiger partial charge is 0.162 e. The first-order chi connectivity index (χ1) is 32.3. The molecule has 0 aliphatic rings. The molecule has 0 spiro atoms. The lowest BCUT2D eigenvalue weighted by Gasteiger charge is -2.17. The van der Waals surface area contributed by atoms with Gasteiger partial charge in [-0.25, -0.2) is 0 Å². The van der Waals surface area contributed by atoms with Crippen molar-refractivity contribution >= 4 is 0 Å². The van der Waals surface area contributed by atoms with Gasteiger partial charge >= 0.3 is 0 Å². The zero-order chi connectivity index (χ0) is 45.5. The summed E-state index contributed by atoms with van der Waals surface area (Å²) in [4.78, 5) is 0. The van der Waals surface area contributed by atoms with E-state index in [1.807, 2.05) is 84.9 Å². The van der Waals surface area contributed by atoms with Gasteiger partial charge < -0.3 is 53.6 Å². The van der Waals surface area contributed by atoms with Gasteiger partial charge in [0.15, 0.2) is 23.0 Å². The second-order valence-corrected chi connectivity index (χ2v) is 15.4. The molecule has 8 aromatic carbocycles. The van der Waals surface area contributed by atoms with Crippen LogP contribution in [0.5, 0.6) is 63.2 Å². The molecule has 11 heteroatoms. The molecule has 0 aliphatic heterocycles. The Morgan fingerprint density at radius 1 is 0.227 bits per heavy atom. The maximum absolute atomic E-state index is 9.77. The minimum Gasteiger partial charge on any atom is -0.508 e. The van der Waals surface area contributed by atoms with Crippen LogP contribution in [0.15, 0.2) is 182 Å². The van der Waals surface area contributed by atoms with Crippen LogP contribution in [0.25, 0.3) is 0 Å². The average Bonchev–Trinajstić information content (AvgIpc) is 3.34. The fourth-order valence-corrected chi connectivity index (χ4v) is 6.66. The number of hydrogen-bond acceptors (Lipinski definition) is 11. The first kappa shape index (κ1) is 44.2. The fraction of sp³-hybridized carbons (Fsp3) is 0.127. The van der Waals surface area contributed by atoms with E-state index in [0.717, 1.165) is 44.7 Å². The lowest BCUT2D eigenvalue weighted by Crippen LogP contribution is -2.04. The number of para-hydroxylation sites is 1. The number of aromatic hydroxyl groups is 4. The molecule has 0 unspecified atom stereocenters. The van der Waals surface area contributed by atoms with Crippen molar-refractivity contribution in [3.8, 4) is 63.2 Å². The predicted molar refractivity (Wildman–Crippen MR) is 249 cm³/mol. The van der Waals surface area contributed by atoms with E-state index in [1.54, 1.807) is 97.1 Å². The van der Waals surface area contributed by atoms with Gasteiger partial charge in [0, 0.05) is 6.07 Å². The molecule has 0 aromatic heterocycles. The predicted octanol–water partition coefficient (Wildman–Crippen LogP) is 11.6. The third-order valence-electron chi connectivity index (χ3n) is 10.2. The highest BCUT2D eigenvalue weighted by molar-refractivity contribution is 5.46. The van der Waals surface area contributed by atoms with E-state index in [2.05, 4.69) is 0 Å². The topological polar surface area (TPSA) is 146 Å². The van der Waals surface area contributed by atoms with Gasteiger partial charge in [-0.3, -0.25) is 0 Å². The molecule has 334 valence electrons. The summed E-state index contributed by atoms with van der Waals surface area (Å²) in [7, 11) is 0. The summed E-state index contributed by atoms with van der Waals surface area (Å²) in [5.41, 5.74) is 5.99. The van der Waals surface area contributed by atoms with Gasteiger partial charge in [0.1, 0.15) is 86.5 Å². The van der Waals surface area contributed by atoms with E-state index in [1.165, 1.54) is 0 Å². The van der Waals surface area contributed by atoms with Crippen LogP contribution in [0.3, 0.4) is 0 Å². The first-order valence-corrected chi connectivity index (χ1v) is 21.2. The maximum Gasteiger partial charge on any atom is 0.162 e. The highest BCUT2D eigenvalue weighted by Crippen LogP contribution is 2.34. The largest absolute Gasteiger partial charge is 0.508 e. The van der Waals surface area contributed by atoms with E-state index < -0.39 is 0 Å². The summed E-state index contributed by atoms with van der Waals surface area (Å²) in [5, 5.41) is 39.0. The molecule has 0 atom stereocenters. The Kier molecular flexibility index (Phi) is 14.6. The molecule has 0 saturated carbocycles. The molecule has 0 heterocycles. The molecule has 8 aromatic rings. The van der Waals surface area contributed by atoms with E-state index in [-0.39, 0.29) is 69.2 Å². The summed E-state index contributed by atoms with van der Waals surface area (Å²) < 4.78 is 43.9. The average molecular weight is 885 g/mol. The molecular formula is C55H48O11. The maximum atomic E-state index is 9.77. The van der Waals surface area contributed by atoms with Crippen molar-refractivity contribution in [2.24, 2.45) is 0 Å². The van der Waals surface area contributed by atoms with E-state index in [9.17, 15) is 20.4 Å². The van der Waals surface area contributed by atoms with Crippen molar-refractivity contribution in [3.63, 3.8) is 0 Å². The van der Waals surface area contributed by atoms with Gasteiger partial charge in [0.2, 0.25) is 0 Å². The minimum absolute atomic E-state index is 0.171. The minimum atomic E-state index is 0.171. The van der Waals surface area contributed by atoms with Crippen LogP contribution < -0.4 is 33.2 Å². The molecule has 0 bridgehead atoms. The quantitative estimate of drug-likeness (QED) is 0.0547. The molecule has 4 N–H and O–H groups in total. The molecule has 0 aliphatic carbocycles. The second-order valence-electron chi connectivity index (χ2n) is 15.4. The third-order valence-corrected chi connectivity index (χ3v) is 10.2. The Bertz CT molecular complexity index is 2610. The molecule has 8 rings (SSSR count). The molecule has 66 heavy (non-hydrogen) atoms. The van der Waals surface area contributed by atoms with Crippen LogP contribution >= 0.6 is 0 Å². The highest BCUT2D eigenvalue weighted by atomic mass is 16.5. The second kappa shape index (κ2) is 21.8. The SMILES string of the molecule is Oc1ccc(COc2ccc(COc3cc(COc4ccccc4)cc(OCc4ccc(OCc5ccc(O)cc5)c(OCc5ccc(O)cc5)c4)c3)cc2OCc2ccc(O)cc2)cc1. The molecule has 11 nitrogen and oxygen atoms in total. The zero-order valence-electron chi connectivity index (χ0n) is 35.9. The Labute approximate surface area is 382 Å². The number of rotatable bonds is 21. The van der Waals surface area contributed by atoms with Crippen LogP contribution in [-0.4, -0.2) is 20.4 Å². The normalized spacial score (nSPS) is 10.8. The number of benzene rings is 8. The van der Waals surface area contributed by atoms with E-state index in [4.69, 9.17) is 33.2 Å². The molecule has 0 saturated heterocycles. The number of phenols is 4. The van der Waals surface area contributed by atoms with Crippen molar-refractivity contribution in [2.75, 3.05) is 0 Å². The Morgan fingerprint density at radius 3 is 0.909 bits per heavy atom. The Hall–Kier alpha value is -8.44. The van der Waals surface area contributed by atoms with Crippen molar-refractivity contribution in [3.05, 3.63) is 221 Å². The lowest BCUT2D eigenvalue weighted by atomic mass is 10.2. The van der Waals surface area contributed by atoms with Gasteiger partial charge in [-0.2, -0.15) is 0 Å². The summed E-state index contributed by atoms with van der Waals surface area (Å²) in [5.74, 6) is 4.65.